The van der Waals surface area contributed by atoms with E-state index in [1.54, 1.807) is 6.33 Å². The lowest BCUT2D eigenvalue weighted by Crippen LogP contribution is -2.16. The van der Waals surface area contributed by atoms with Crippen LogP contribution in [0.2, 0.25) is 0 Å². The first-order valence-corrected chi connectivity index (χ1v) is 6.86. The van der Waals surface area contributed by atoms with Gasteiger partial charge >= 0.3 is 0 Å². The SMILES string of the molecule is CCCC1(CNc2cc(OC(C)C)ncn2)CC1. The summed E-state index contributed by atoms with van der Waals surface area (Å²) in [6, 6.07) is 1.88. The number of nitrogens with zero attached hydrogens (tertiary/aromatic N) is 2. The molecule has 4 nitrogen and oxygen atoms in total. The summed E-state index contributed by atoms with van der Waals surface area (Å²) >= 11 is 0. The summed E-state index contributed by atoms with van der Waals surface area (Å²) in [4.78, 5) is 8.34. The second-order valence-electron chi connectivity index (χ2n) is 5.51. The molecule has 1 saturated carbocycles. The van der Waals surface area contributed by atoms with Crippen LogP contribution in [0.5, 0.6) is 5.88 Å². The maximum absolute atomic E-state index is 5.56. The van der Waals surface area contributed by atoms with E-state index in [1.807, 2.05) is 19.9 Å². The Bertz CT molecular complexity index is 388. The molecule has 1 aliphatic carbocycles. The topological polar surface area (TPSA) is 47.0 Å². The van der Waals surface area contributed by atoms with Gasteiger partial charge in [-0.15, -0.1) is 0 Å². The van der Waals surface area contributed by atoms with Crippen molar-refractivity contribution in [3.05, 3.63) is 12.4 Å². The molecule has 1 fully saturated rings. The van der Waals surface area contributed by atoms with Crippen molar-refractivity contribution in [3.63, 3.8) is 0 Å². The van der Waals surface area contributed by atoms with Gasteiger partial charge in [-0.25, -0.2) is 9.97 Å². The average molecular weight is 249 g/mol. The van der Waals surface area contributed by atoms with Crippen molar-refractivity contribution in [2.24, 2.45) is 5.41 Å². The molecule has 0 aliphatic heterocycles. The quantitative estimate of drug-likeness (QED) is 0.805. The maximum Gasteiger partial charge on any atom is 0.218 e. The van der Waals surface area contributed by atoms with Crippen molar-refractivity contribution >= 4 is 5.82 Å². The fourth-order valence-electron chi connectivity index (χ4n) is 2.24. The molecule has 0 unspecified atom stereocenters. The number of hydrogen-bond donors (Lipinski definition) is 1. The van der Waals surface area contributed by atoms with E-state index < -0.39 is 0 Å². The van der Waals surface area contributed by atoms with Gasteiger partial charge in [0.2, 0.25) is 5.88 Å². The Kier molecular flexibility index (Phi) is 4.04. The molecular weight excluding hydrogens is 226 g/mol. The third kappa shape index (κ3) is 3.59. The van der Waals surface area contributed by atoms with E-state index in [0.29, 0.717) is 11.3 Å². The number of aromatic nitrogens is 2. The van der Waals surface area contributed by atoms with Crippen molar-refractivity contribution < 1.29 is 4.74 Å². The van der Waals surface area contributed by atoms with Gasteiger partial charge in [0.15, 0.2) is 0 Å². The minimum absolute atomic E-state index is 0.141. The van der Waals surface area contributed by atoms with Gasteiger partial charge in [0.05, 0.1) is 6.10 Å². The average Bonchev–Trinajstić information content (AvgIpc) is 3.07. The molecule has 100 valence electrons. The highest BCUT2D eigenvalue weighted by Gasteiger charge is 2.41. The highest BCUT2D eigenvalue weighted by Crippen LogP contribution is 2.49. The molecule has 1 aliphatic rings. The standard InChI is InChI=1S/C14H23N3O/c1-4-5-14(6-7-14)9-15-12-8-13(17-10-16-12)18-11(2)3/h8,10-11H,4-7,9H2,1-3H3,(H,15,16,17). The predicted octanol–water partition coefficient (Wildman–Crippen LogP) is 3.26. The summed E-state index contributed by atoms with van der Waals surface area (Å²) in [6.45, 7) is 7.25. The van der Waals surface area contributed by atoms with Crippen molar-refractivity contribution in [1.82, 2.24) is 9.97 Å². The van der Waals surface area contributed by atoms with E-state index in [-0.39, 0.29) is 6.10 Å². The van der Waals surface area contributed by atoms with Crippen LogP contribution in [0, 0.1) is 5.41 Å². The van der Waals surface area contributed by atoms with Crippen LogP contribution in [0.25, 0.3) is 0 Å². The highest BCUT2D eigenvalue weighted by atomic mass is 16.5. The number of hydrogen-bond acceptors (Lipinski definition) is 4. The summed E-state index contributed by atoms with van der Waals surface area (Å²) in [7, 11) is 0. The number of ether oxygens (including phenoxy) is 1. The normalized spacial score (nSPS) is 16.7. The Morgan fingerprint density at radius 2 is 2.17 bits per heavy atom. The van der Waals surface area contributed by atoms with E-state index in [9.17, 15) is 0 Å². The Balaban J connectivity index is 1.89. The van der Waals surface area contributed by atoms with Gasteiger partial charge in [-0.1, -0.05) is 13.3 Å². The number of rotatable bonds is 7. The van der Waals surface area contributed by atoms with Gasteiger partial charge in [-0.3, -0.25) is 0 Å². The van der Waals surface area contributed by atoms with Gasteiger partial charge in [0.25, 0.3) is 0 Å². The molecule has 0 spiro atoms. The van der Waals surface area contributed by atoms with E-state index in [1.165, 1.54) is 25.7 Å². The fraction of sp³-hybridized carbons (Fsp3) is 0.714. The zero-order chi connectivity index (χ0) is 13.0. The van der Waals surface area contributed by atoms with Crippen molar-refractivity contribution in [1.29, 1.82) is 0 Å². The molecule has 1 aromatic heterocycles. The first kappa shape index (κ1) is 13.1. The fourth-order valence-corrected chi connectivity index (χ4v) is 2.24. The Labute approximate surface area is 109 Å². The van der Waals surface area contributed by atoms with Crippen LogP contribution in [0.4, 0.5) is 5.82 Å². The molecule has 0 saturated heterocycles. The van der Waals surface area contributed by atoms with Crippen molar-refractivity contribution in [2.75, 3.05) is 11.9 Å². The summed E-state index contributed by atoms with van der Waals surface area (Å²) in [5, 5.41) is 3.41. The Morgan fingerprint density at radius 3 is 2.78 bits per heavy atom. The third-order valence-electron chi connectivity index (χ3n) is 3.38. The first-order chi connectivity index (χ1) is 8.63. The number of nitrogens with one attached hydrogen (secondary N) is 1. The molecule has 1 aromatic rings. The van der Waals surface area contributed by atoms with Crippen LogP contribution in [0.3, 0.4) is 0 Å². The van der Waals surface area contributed by atoms with Crippen LogP contribution in [-0.4, -0.2) is 22.6 Å². The van der Waals surface area contributed by atoms with E-state index in [4.69, 9.17) is 4.74 Å². The van der Waals surface area contributed by atoms with Crippen LogP contribution < -0.4 is 10.1 Å². The molecule has 0 amide bonds. The van der Waals surface area contributed by atoms with Crippen molar-refractivity contribution in [3.8, 4) is 5.88 Å². The Hall–Kier alpha value is -1.32. The van der Waals surface area contributed by atoms with Crippen molar-refractivity contribution in [2.45, 2.75) is 52.6 Å². The summed E-state index contributed by atoms with van der Waals surface area (Å²) in [6.07, 6.45) is 6.94. The molecule has 0 bridgehead atoms. The predicted molar refractivity (Wildman–Crippen MR) is 72.9 cm³/mol. The third-order valence-corrected chi connectivity index (χ3v) is 3.38. The number of anilines is 1. The molecule has 18 heavy (non-hydrogen) atoms. The molecule has 0 aromatic carbocycles. The van der Waals surface area contributed by atoms with E-state index in [2.05, 4.69) is 22.2 Å². The second-order valence-corrected chi connectivity index (χ2v) is 5.51. The largest absolute Gasteiger partial charge is 0.475 e. The van der Waals surface area contributed by atoms with Crippen LogP contribution >= 0.6 is 0 Å². The summed E-state index contributed by atoms with van der Waals surface area (Å²) in [5.74, 6) is 1.51. The van der Waals surface area contributed by atoms with Gasteiger partial charge < -0.3 is 10.1 Å². The molecule has 0 atom stereocenters. The maximum atomic E-state index is 5.56. The zero-order valence-corrected chi connectivity index (χ0v) is 11.6. The molecule has 0 radical (unpaired) electrons. The van der Waals surface area contributed by atoms with E-state index >= 15 is 0 Å². The monoisotopic (exact) mass is 249 g/mol. The summed E-state index contributed by atoms with van der Waals surface area (Å²) < 4.78 is 5.56. The minimum atomic E-state index is 0.141. The molecule has 2 rings (SSSR count). The minimum Gasteiger partial charge on any atom is -0.475 e. The lowest BCUT2D eigenvalue weighted by molar-refractivity contribution is 0.232. The van der Waals surface area contributed by atoms with Crippen LogP contribution in [0.15, 0.2) is 12.4 Å². The van der Waals surface area contributed by atoms with Gasteiger partial charge in [0.1, 0.15) is 12.1 Å². The summed E-state index contributed by atoms with van der Waals surface area (Å²) in [5.41, 5.74) is 0.527. The zero-order valence-electron chi connectivity index (χ0n) is 11.6. The van der Waals surface area contributed by atoms with Gasteiger partial charge in [-0.2, -0.15) is 0 Å². The second kappa shape index (κ2) is 5.55. The first-order valence-electron chi connectivity index (χ1n) is 6.86. The van der Waals surface area contributed by atoms with Crippen LogP contribution in [-0.2, 0) is 0 Å². The smallest absolute Gasteiger partial charge is 0.218 e. The highest BCUT2D eigenvalue weighted by molar-refractivity contribution is 5.37. The molecule has 4 heteroatoms. The van der Waals surface area contributed by atoms with E-state index in [0.717, 1.165) is 12.4 Å². The lowest BCUT2D eigenvalue weighted by Gasteiger charge is -2.15. The molecule has 1 N–H and O–H groups in total. The lowest BCUT2D eigenvalue weighted by atomic mass is 10.0. The van der Waals surface area contributed by atoms with Gasteiger partial charge in [-0.05, 0) is 38.5 Å². The molecule has 1 heterocycles. The molecular formula is C14H23N3O. The Morgan fingerprint density at radius 1 is 1.39 bits per heavy atom. The van der Waals surface area contributed by atoms with Crippen LogP contribution in [0.1, 0.15) is 46.5 Å². The van der Waals surface area contributed by atoms with Gasteiger partial charge in [0, 0.05) is 12.6 Å².